The highest BCUT2D eigenvalue weighted by molar-refractivity contribution is 7.80. The van der Waals surface area contributed by atoms with Crippen molar-refractivity contribution in [2.45, 2.75) is 90.3 Å². The Labute approximate surface area is 421 Å². The molecule has 2 unspecified atom stereocenters. The summed E-state index contributed by atoms with van der Waals surface area (Å²) in [5.41, 5.74) is -7.26. The maximum absolute atomic E-state index is 16.0. The summed E-state index contributed by atoms with van der Waals surface area (Å²) in [5, 5.41) is 11.5. The van der Waals surface area contributed by atoms with Crippen molar-refractivity contribution in [3.05, 3.63) is 113 Å². The number of aldehydes is 1. The molecule has 1 aliphatic heterocycles. The van der Waals surface area contributed by atoms with Gasteiger partial charge in [0.25, 0.3) is 0 Å². The molecule has 2 aromatic heterocycles. The first kappa shape index (κ1) is 55.3. The summed E-state index contributed by atoms with van der Waals surface area (Å²) in [6.45, 7) is 8.29. The predicted octanol–water partition coefficient (Wildman–Crippen LogP) is 10.6. The van der Waals surface area contributed by atoms with Crippen molar-refractivity contribution in [2.75, 3.05) is 43.2 Å². The second kappa shape index (κ2) is 22.4. The van der Waals surface area contributed by atoms with E-state index < -0.39 is 85.6 Å². The van der Waals surface area contributed by atoms with Crippen LogP contribution >= 0.6 is 12.2 Å². The number of unbranched alkanes of at least 4 members (excludes halogenated alkanes) is 1. The summed E-state index contributed by atoms with van der Waals surface area (Å²) in [7, 11) is 1.07. The van der Waals surface area contributed by atoms with Crippen LogP contribution in [0.3, 0.4) is 0 Å². The van der Waals surface area contributed by atoms with Gasteiger partial charge in [0.1, 0.15) is 41.8 Å². The second-order valence-corrected chi connectivity index (χ2v) is 19.2. The molecule has 0 bridgehead atoms. The van der Waals surface area contributed by atoms with Gasteiger partial charge in [-0.05, 0) is 93.1 Å². The molecule has 1 fully saturated rings. The van der Waals surface area contributed by atoms with Gasteiger partial charge < -0.3 is 39.3 Å². The van der Waals surface area contributed by atoms with Gasteiger partial charge >= 0.3 is 12.4 Å². The van der Waals surface area contributed by atoms with Gasteiger partial charge in [0.05, 0.1) is 64.8 Å². The first-order chi connectivity index (χ1) is 34.3. The topological polar surface area (TPSA) is 157 Å². The molecule has 3 aromatic carbocycles. The molecule has 0 saturated carbocycles. The fourth-order valence-electron chi connectivity index (χ4n) is 8.26. The number of carbonyl (C=O) groups is 3. The number of carbonyl (C=O) groups excluding carboxylic acids is 3. The zero-order chi connectivity index (χ0) is 53.6. The first-order valence-electron chi connectivity index (χ1n) is 22.9. The quantitative estimate of drug-likeness (QED) is 0.0395. The molecule has 1 saturated heterocycles. The SMILES string of the molecule is CN(C(=S)N(c1cnc(-c2ccc(OCCCCOCC(=O)NC(C(=O)N3CCCC3c3ncc(-c4ccccc4)[nH]3)C(C)(C)C)cc2C(F)(F)F)c(F)c1)C(C)(C)C=O)c1ccc(C#N)c(C(F)(F)F)c1F. The number of H-pyrrole nitrogens is 1. The number of nitriles is 1. The highest BCUT2D eigenvalue weighted by Crippen LogP contribution is 2.42. The molecule has 1 aliphatic rings. The van der Waals surface area contributed by atoms with Crippen LogP contribution in [-0.2, 0) is 31.5 Å². The number of halogens is 8. The van der Waals surface area contributed by atoms with Crippen LogP contribution in [0.1, 0.15) is 88.9 Å². The highest BCUT2D eigenvalue weighted by atomic mass is 32.1. The number of amides is 2. The highest BCUT2D eigenvalue weighted by Gasteiger charge is 2.43. The molecule has 2 atom stereocenters. The van der Waals surface area contributed by atoms with E-state index in [1.807, 2.05) is 51.1 Å². The number of aromatic amines is 1. The lowest BCUT2D eigenvalue weighted by Gasteiger charge is -2.39. The summed E-state index contributed by atoms with van der Waals surface area (Å²) < 4.78 is 128. The maximum atomic E-state index is 16.0. The van der Waals surface area contributed by atoms with Crippen molar-refractivity contribution in [1.82, 2.24) is 25.2 Å². The van der Waals surface area contributed by atoms with E-state index >= 15 is 8.78 Å². The number of aromatic nitrogens is 3. The van der Waals surface area contributed by atoms with Crippen molar-refractivity contribution in [2.24, 2.45) is 5.41 Å². The lowest BCUT2D eigenvalue weighted by molar-refractivity contribution is -0.141. The van der Waals surface area contributed by atoms with Gasteiger partial charge in [0.15, 0.2) is 16.7 Å². The molecule has 22 heteroatoms. The number of pyridine rings is 1. The zero-order valence-corrected chi connectivity index (χ0v) is 41.4. The number of imidazole rings is 1. The van der Waals surface area contributed by atoms with Gasteiger partial charge in [-0.1, -0.05) is 51.1 Å². The number of benzene rings is 3. The van der Waals surface area contributed by atoms with Crippen LogP contribution in [0.4, 0.5) is 46.5 Å². The van der Waals surface area contributed by atoms with Crippen LogP contribution in [0.2, 0.25) is 0 Å². The smallest absolute Gasteiger partial charge is 0.420 e. The Kier molecular flexibility index (Phi) is 17.0. The zero-order valence-electron chi connectivity index (χ0n) is 40.6. The molecule has 0 spiro atoms. The third-order valence-corrected chi connectivity index (χ3v) is 12.5. The molecule has 3 heterocycles. The molecule has 6 rings (SSSR count). The van der Waals surface area contributed by atoms with Crippen molar-refractivity contribution >= 4 is 46.8 Å². The van der Waals surface area contributed by atoms with Crippen LogP contribution in [0, 0.1) is 28.4 Å². The van der Waals surface area contributed by atoms with Gasteiger partial charge in [-0.25, -0.2) is 13.8 Å². The summed E-state index contributed by atoms with van der Waals surface area (Å²) in [5.74, 6) is -3.46. The lowest BCUT2D eigenvalue weighted by atomic mass is 9.85. The van der Waals surface area contributed by atoms with E-state index in [4.69, 9.17) is 21.7 Å². The lowest BCUT2D eigenvalue weighted by Crippen LogP contribution is -2.55. The van der Waals surface area contributed by atoms with Crippen molar-refractivity contribution in [3.8, 4) is 34.3 Å². The number of anilines is 2. The molecule has 0 radical (unpaired) electrons. The number of nitrogens with one attached hydrogen (secondary N) is 2. The maximum Gasteiger partial charge on any atom is 0.420 e. The van der Waals surface area contributed by atoms with E-state index in [1.165, 1.54) is 26.0 Å². The van der Waals surface area contributed by atoms with Gasteiger partial charge in [0.2, 0.25) is 11.8 Å². The van der Waals surface area contributed by atoms with E-state index in [2.05, 4.69) is 20.3 Å². The number of likely N-dealkylation sites (tertiary alicyclic amines) is 1. The van der Waals surface area contributed by atoms with E-state index in [0.29, 0.717) is 44.0 Å². The fourth-order valence-corrected chi connectivity index (χ4v) is 8.69. The minimum absolute atomic E-state index is 0.0613. The summed E-state index contributed by atoms with van der Waals surface area (Å²) in [4.78, 5) is 54.7. The molecule has 73 heavy (non-hydrogen) atoms. The van der Waals surface area contributed by atoms with Gasteiger partial charge in [-0.15, -0.1) is 0 Å². The Hall–Kier alpha value is -6.99. The largest absolute Gasteiger partial charge is 0.494 e. The minimum atomic E-state index is -5.28. The van der Waals surface area contributed by atoms with Crippen LogP contribution in [-0.4, -0.2) is 88.1 Å². The van der Waals surface area contributed by atoms with Crippen molar-refractivity contribution < 1.29 is 59.0 Å². The van der Waals surface area contributed by atoms with Crippen molar-refractivity contribution in [3.63, 3.8) is 0 Å². The number of nitrogens with zero attached hydrogens (tertiary/aromatic N) is 6. The molecule has 0 aliphatic carbocycles. The summed E-state index contributed by atoms with van der Waals surface area (Å²) in [6.07, 6.45) is -5.23. The van der Waals surface area contributed by atoms with Gasteiger partial charge in [-0.2, -0.15) is 31.6 Å². The molecular formula is C51H52F8N8O5S. The van der Waals surface area contributed by atoms with E-state index in [9.17, 15) is 46.0 Å². The first-order valence-corrected chi connectivity index (χ1v) is 23.3. The van der Waals surface area contributed by atoms with Crippen LogP contribution in [0.5, 0.6) is 5.75 Å². The molecular weight excluding hydrogens is 989 g/mol. The van der Waals surface area contributed by atoms with Crippen LogP contribution < -0.4 is 19.9 Å². The molecule has 388 valence electrons. The third-order valence-electron chi connectivity index (χ3n) is 12.0. The van der Waals surface area contributed by atoms with Crippen LogP contribution in [0.15, 0.2) is 79.1 Å². The average Bonchev–Trinajstić information content (AvgIpc) is 4.03. The monoisotopic (exact) mass is 1040 g/mol. The normalized spacial score (nSPS) is 14.6. The van der Waals surface area contributed by atoms with Gasteiger partial charge in [0, 0.05) is 31.8 Å². The molecule has 13 nitrogen and oxygen atoms in total. The molecule has 5 aromatic rings. The third kappa shape index (κ3) is 12.8. The number of thiocarbonyl (C=S) groups is 1. The number of hydrogen-bond donors (Lipinski definition) is 2. The minimum Gasteiger partial charge on any atom is -0.494 e. The Bertz CT molecular complexity index is 2860. The fraction of sp³-hybridized carbons (Fsp3) is 0.392. The number of ether oxygens (including phenoxy) is 2. The standard InChI is InChI=1S/C51H52F8N8O5S/c1-48(2,3)44(46(70)66-20-12-15-39(66)45-62-27-37(63-45)30-13-8-7-9-14-30)64-40(69)28-71-21-10-11-22-72-33-17-18-34(35(24-33)50(54,55)56)43-36(52)23-32(26-61-43)67(49(4,5)29-68)47(73)65(6)38-19-16-31(25-60)41(42(38)53)51(57,58)59/h7-9,13-14,16-19,23-24,26-27,29,39,44H,10-12,15,20-22,28H2,1-6H3,(H,62,63)(H,64,69). The van der Waals surface area contributed by atoms with Crippen molar-refractivity contribution in [1.29, 1.82) is 5.26 Å². The van der Waals surface area contributed by atoms with E-state index in [-0.39, 0.29) is 43.2 Å². The van der Waals surface area contributed by atoms with Crippen LogP contribution in [0.25, 0.3) is 22.5 Å². The van der Waals surface area contributed by atoms with Gasteiger partial charge in [-0.3, -0.25) is 14.6 Å². The number of hydrogen-bond acceptors (Lipinski definition) is 9. The molecule has 2 N–H and O–H groups in total. The number of rotatable bonds is 17. The summed E-state index contributed by atoms with van der Waals surface area (Å²) >= 11 is 5.47. The predicted molar refractivity (Wildman–Crippen MR) is 259 cm³/mol. The van der Waals surface area contributed by atoms with E-state index in [0.717, 1.165) is 65.0 Å². The Balaban J connectivity index is 1.05. The average molecular weight is 1040 g/mol. The Morgan fingerprint density at radius 3 is 2.29 bits per heavy atom. The van der Waals surface area contributed by atoms with E-state index in [1.54, 1.807) is 11.1 Å². The summed E-state index contributed by atoms with van der Waals surface area (Å²) in [6, 6.07) is 14.9. The number of alkyl halides is 6. The Morgan fingerprint density at radius 1 is 0.959 bits per heavy atom. The second-order valence-electron chi connectivity index (χ2n) is 18.8. The Morgan fingerprint density at radius 2 is 1.66 bits per heavy atom. The molecule has 2 amide bonds.